The molecule has 0 radical (unpaired) electrons. The van der Waals surface area contributed by atoms with Gasteiger partial charge in [0.2, 0.25) is 0 Å². The number of hydrogen-bond donors (Lipinski definition) is 1. The van der Waals surface area contributed by atoms with Crippen LogP contribution < -0.4 is 14.9 Å². The van der Waals surface area contributed by atoms with Gasteiger partial charge in [0.05, 0.1) is 18.3 Å². The van der Waals surface area contributed by atoms with Gasteiger partial charge in [-0.1, -0.05) is 27.7 Å². The van der Waals surface area contributed by atoms with Gasteiger partial charge in [0, 0.05) is 23.9 Å². The summed E-state index contributed by atoms with van der Waals surface area (Å²) in [6.45, 7) is 9.23. The lowest BCUT2D eigenvalue weighted by molar-refractivity contribution is 0.0694. The van der Waals surface area contributed by atoms with Crippen LogP contribution in [0.5, 0.6) is 11.5 Å². The van der Waals surface area contributed by atoms with Gasteiger partial charge in [0.15, 0.2) is 5.43 Å². The van der Waals surface area contributed by atoms with Crippen LogP contribution in [0.2, 0.25) is 0 Å². The molecular formula is C22H27NO5. The number of pyridine rings is 1. The number of hydrogen-bond acceptors (Lipinski definition) is 4. The number of carboxylic acid groups (broad SMARTS) is 1. The normalized spacial score (nSPS) is 15.4. The van der Waals surface area contributed by atoms with Crippen molar-refractivity contribution in [2.45, 2.75) is 46.6 Å². The van der Waals surface area contributed by atoms with E-state index in [0.29, 0.717) is 24.7 Å². The highest BCUT2D eigenvalue weighted by atomic mass is 16.5. The molecule has 3 rings (SSSR count). The molecule has 2 aromatic rings. The van der Waals surface area contributed by atoms with Gasteiger partial charge >= 0.3 is 5.97 Å². The van der Waals surface area contributed by atoms with Crippen molar-refractivity contribution in [3.05, 3.63) is 45.7 Å². The first-order valence-electron chi connectivity index (χ1n) is 9.79. The summed E-state index contributed by atoms with van der Waals surface area (Å²) in [6.07, 6.45) is 3.14. The predicted molar refractivity (Wildman–Crippen MR) is 108 cm³/mol. The number of rotatable bonds is 6. The lowest BCUT2D eigenvalue weighted by Gasteiger charge is -2.24. The van der Waals surface area contributed by atoms with E-state index in [0.717, 1.165) is 29.7 Å². The number of fused-ring (bicyclic) bond motifs is 3. The number of aromatic carboxylic acids is 1. The number of benzene rings is 1. The maximum absolute atomic E-state index is 12.4. The van der Waals surface area contributed by atoms with Gasteiger partial charge < -0.3 is 19.1 Å². The van der Waals surface area contributed by atoms with E-state index in [1.165, 1.54) is 12.3 Å². The SMILES string of the molecule is CCCOc1cc2c(cc1CC)-c1cc(=O)c(C(=O)O)cn1[C@H](C(C)C)CO2. The molecule has 0 saturated carbocycles. The molecule has 0 saturated heterocycles. The van der Waals surface area contributed by atoms with E-state index >= 15 is 0 Å². The zero-order valence-corrected chi connectivity index (χ0v) is 16.8. The van der Waals surface area contributed by atoms with Gasteiger partial charge in [0.25, 0.3) is 0 Å². The maximum atomic E-state index is 12.4. The Kier molecular flexibility index (Phi) is 5.77. The third-order valence-corrected chi connectivity index (χ3v) is 5.13. The summed E-state index contributed by atoms with van der Waals surface area (Å²) >= 11 is 0. The first-order valence-corrected chi connectivity index (χ1v) is 9.79. The fourth-order valence-corrected chi connectivity index (χ4v) is 3.52. The quantitative estimate of drug-likeness (QED) is 0.808. The molecule has 0 amide bonds. The highest BCUT2D eigenvalue weighted by Crippen LogP contribution is 2.40. The number of carbonyl (C=O) groups is 1. The Bertz CT molecular complexity index is 945. The van der Waals surface area contributed by atoms with Gasteiger partial charge in [-0.3, -0.25) is 4.79 Å². The number of aromatic nitrogens is 1. The van der Waals surface area contributed by atoms with Gasteiger partial charge in [-0.15, -0.1) is 0 Å². The van der Waals surface area contributed by atoms with Crippen molar-refractivity contribution >= 4 is 5.97 Å². The lowest BCUT2D eigenvalue weighted by atomic mass is 10.0. The monoisotopic (exact) mass is 385 g/mol. The zero-order chi connectivity index (χ0) is 20.4. The average Bonchev–Trinajstić information content (AvgIpc) is 2.81. The minimum Gasteiger partial charge on any atom is -0.493 e. The molecular weight excluding hydrogens is 358 g/mol. The fourth-order valence-electron chi connectivity index (χ4n) is 3.52. The maximum Gasteiger partial charge on any atom is 0.341 e. The molecule has 0 fully saturated rings. The van der Waals surface area contributed by atoms with Crippen LogP contribution in [0.25, 0.3) is 11.3 Å². The van der Waals surface area contributed by atoms with Crippen LogP contribution in [0.4, 0.5) is 0 Å². The summed E-state index contributed by atoms with van der Waals surface area (Å²) in [7, 11) is 0. The molecule has 6 nitrogen and oxygen atoms in total. The standard InChI is InChI=1S/C22H27NO5/c1-5-7-27-20-10-21-15(8-14(20)6-2)17-9-19(24)16(22(25)26)11-23(17)18(12-28-21)13(3)4/h8-11,13,18H,5-7,12H2,1-4H3,(H,25,26)/t18-/m0/s1. The Hall–Kier alpha value is -2.76. The van der Waals surface area contributed by atoms with Crippen LogP contribution in [0.3, 0.4) is 0 Å². The number of nitrogens with zero attached hydrogens (tertiary/aromatic N) is 1. The highest BCUT2D eigenvalue weighted by molar-refractivity contribution is 5.87. The average molecular weight is 385 g/mol. The van der Waals surface area contributed by atoms with Gasteiger partial charge in [-0.05, 0) is 30.4 Å². The Morgan fingerprint density at radius 2 is 2.07 bits per heavy atom. The summed E-state index contributed by atoms with van der Waals surface area (Å²) in [6, 6.07) is 5.21. The Balaban J connectivity index is 2.25. The van der Waals surface area contributed by atoms with Crippen LogP contribution in [-0.2, 0) is 6.42 Å². The molecule has 28 heavy (non-hydrogen) atoms. The molecule has 1 aliphatic heterocycles. The summed E-state index contributed by atoms with van der Waals surface area (Å²) in [5, 5.41) is 9.40. The largest absolute Gasteiger partial charge is 0.493 e. The topological polar surface area (TPSA) is 77.8 Å². The Labute approximate surface area is 164 Å². The Morgan fingerprint density at radius 3 is 2.68 bits per heavy atom. The molecule has 1 aliphatic rings. The van der Waals surface area contributed by atoms with Crippen LogP contribution >= 0.6 is 0 Å². The molecule has 0 unspecified atom stereocenters. The molecule has 0 bridgehead atoms. The van der Waals surface area contributed by atoms with Crippen molar-refractivity contribution in [3.8, 4) is 22.8 Å². The third-order valence-electron chi connectivity index (χ3n) is 5.13. The fraction of sp³-hybridized carbons (Fsp3) is 0.455. The zero-order valence-electron chi connectivity index (χ0n) is 16.8. The molecule has 1 atom stereocenters. The smallest absolute Gasteiger partial charge is 0.341 e. The van der Waals surface area contributed by atoms with Crippen LogP contribution in [0, 0.1) is 5.92 Å². The van der Waals surface area contributed by atoms with Crippen LogP contribution in [-0.4, -0.2) is 28.9 Å². The van der Waals surface area contributed by atoms with Crippen molar-refractivity contribution in [1.29, 1.82) is 0 Å². The second-order valence-corrected chi connectivity index (χ2v) is 7.43. The summed E-state index contributed by atoms with van der Waals surface area (Å²) in [4.78, 5) is 23.9. The lowest BCUT2D eigenvalue weighted by Crippen LogP contribution is -2.25. The summed E-state index contributed by atoms with van der Waals surface area (Å²) < 4.78 is 13.9. The molecule has 1 aromatic carbocycles. The van der Waals surface area contributed by atoms with Crippen molar-refractivity contribution in [2.75, 3.05) is 13.2 Å². The van der Waals surface area contributed by atoms with E-state index < -0.39 is 11.4 Å². The number of ether oxygens (including phenoxy) is 2. The van der Waals surface area contributed by atoms with E-state index in [4.69, 9.17) is 9.47 Å². The van der Waals surface area contributed by atoms with E-state index in [2.05, 4.69) is 27.7 Å². The van der Waals surface area contributed by atoms with E-state index in [-0.39, 0.29) is 17.5 Å². The molecule has 1 aromatic heterocycles. The summed E-state index contributed by atoms with van der Waals surface area (Å²) in [5.74, 6) is 0.425. The minimum absolute atomic E-state index is 0.0915. The molecule has 150 valence electrons. The van der Waals surface area contributed by atoms with Crippen LogP contribution in [0.15, 0.2) is 29.2 Å². The minimum atomic E-state index is -1.22. The molecule has 0 spiro atoms. The molecule has 1 N–H and O–H groups in total. The number of aryl methyl sites for hydroxylation is 1. The second kappa shape index (κ2) is 8.09. The van der Waals surface area contributed by atoms with E-state index in [9.17, 15) is 14.7 Å². The van der Waals surface area contributed by atoms with E-state index in [1.807, 2.05) is 16.7 Å². The van der Waals surface area contributed by atoms with Crippen LogP contribution in [0.1, 0.15) is 56.1 Å². The van der Waals surface area contributed by atoms with Crippen molar-refractivity contribution in [2.24, 2.45) is 5.92 Å². The Morgan fingerprint density at radius 1 is 1.32 bits per heavy atom. The first-order chi connectivity index (χ1) is 13.4. The van der Waals surface area contributed by atoms with Crippen molar-refractivity contribution in [3.63, 3.8) is 0 Å². The highest BCUT2D eigenvalue weighted by Gasteiger charge is 2.27. The first kappa shape index (κ1) is 20.0. The molecule has 2 heterocycles. The predicted octanol–water partition coefficient (Wildman–Crippen LogP) is 4.15. The van der Waals surface area contributed by atoms with E-state index in [1.54, 1.807) is 0 Å². The number of carboxylic acids is 1. The molecule has 6 heteroatoms. The van der Waals surface area contributed by atoms with Gasteiger partial charge in [0.1, 0.15) is 23.7 Å². The van der Waals surface area contributed by atoms with Gasteiger partial charge in [-0.25, -0.2) is 4.79 Å². The third kappa shape index (κ3) is 3.63. The summed E-state index contributed by atoms with van der Waals surface area (Å²) in [5.41, 5.74) is 1.77. The van der Waals surface area contributed by atoms with Crippen molar-refractivity contribution < 1.29 is 19.4 Å². The van der Waals surface area contributed by atoms with Gasteiger partial charge in [-0.2, -0.15) is 0 Å². The second-order valence-electron chi connectivity index (χ2n) is 7.43. The van der Waals surface area contributed by atoms with Crippen molar-refractivity contribution in [1.82, 2.24) is 4.57 Å². The molecule has 0 aliphatic carbocycles.